The molecule has 4 N–H and O–H groups in total. The van der Waals surface area contributed by atoms with Gasteiger partial charge in [0.1, 0.15) is 29.5 Å². The number of aliphatic hydroxyl groups is 1. The number of hydrogen-bond donors (Lipinski definition) is 3. The van der Waals surface area contributed by atoms with Crippen LogP contribution in [-0.4, -0.2) is 56.4 Å². The molecule has 3 aromatic rings. The van der Waals surface area contributed by atoms with E-state index in [1.807, 2.05) is 6.07 Å². The van der Waals surface area contributed by atoms with E-state index in [-0.39, 0.29) is 24.0 Å². The van der Waals surface area contributed by atoms with E-state index < -0.39 is 33.8 Å². The predicted octanol–water partition coefficient (Wildman–Crippen LogP) is 5.62. The second-order valence-electron chi connectivity index (χ2n) is 11.7. The Bertz CT molecular complexity index is 1430. The average Bonchev–Trinajstić information content (AvgIpc) is 3.04. The van der Waals surface area contributed by atoms with Crippen molar-refractivity contribution in [2.45, 2.75) is 74.1 Å². The molecule has 1 aliphatic heterocycles. The van der Waals surface area contributed by atoms with Crippen LogP contribution in [0.2, 0.25) is 0 Å². The maximum absolute atomic E-state index is 16.2. The zero-order valence-electron chi connectivity index (χ0n) is 24.7. The second-order valence-corrected chi connectivity index (χ2v) is 13.4. The number of nitrogens with two attached hydrogens (primary N) is 1. The van der Waals surface area contributed by atoms with E-state index in [0.29, 0.717) is 42.6 Å². The minimum Gasteiger partial charge on any atom is -0.493 e. The molecule has 1 aliphatic carbocycles. The number of nitrogens with zero attached hydrogens (tertiary/aromatic N) is 1. The van der Waals surface area contributed by atoms with Crippen LogP contribution in [0.15, 0.2) is 83.8 Å². The fourth-order valence-corrected chi connectivity index (χ4v) is 7.02. The minimum atomic E-state index is -4.47. The molecule has 1 unspecified atom stereocenters. The molecule has 2 atom stereocenters. The Morgan fingerprint density at radius 2 is 1.45 bits per heavy atom. The van der Waals surface area contributed by atoms with Gasteiger partial charge in [0, 0.05) is 24.7 Å². The van der Waals surface area contributed by atoms with E-state index in [9.17, 15) is 13.5 Å². The van der Waals surface area contributed by atoms with E-state index >= 15 is 8.78 Å². The number of rotatable bonds is 12. The lowest BCUT2D eigenvalue weighted by Gasteiger charge is -2.40. The lowest BCUT2D eigenvalue weighted by molar-refractivity contribution is -0.127. The molecule has 0 radical (unpaired) electrons. The Hall–Kier alpha value is -3.09. The van der Waals surface area contributed by atoms with Crippen LogP contribution in [0.4, 0.5) is 8.78 Å². The molecule has 2 aliphatic rings. The van der Waals surface area contributed by atoms with E-state index in [2.05, 4.69) is 4.72 Å². The summed E-state index contributed by atoms with van der Waals surface area (Å²) in [6.45, 7) is 1.07. The summed E-state index contributed by atoms with van der Waals surface area (Å²) in [7, 11) is -4.47. The number of benzene rings is 3. The number of nitrogens with one attached hydrogen (secondary N) is 1. The summed E-state index contributed by atoms with van der Waals surface area (Å²) in [4.78, 5) is 1.24. The predicted molar refractivity (Wildman–Crippen MR) is 164 cm³/mol. The van der Waals surface area contributed by atoms with Crippen molar-refractivity contribution in [3.05, 3.63) is 84.4 Å². The van der Waals surface area contributed by atoms with Crippen molar-refractivity contribution in [1.82, 2.24) is 9.62 Å². The zero-order chi connectivity index (χ0) is 31.2. The van der Waals surface area contributed by atoms with Crippen LogP contribution >= 0.6 is 0 Å². The van der Waals surface area contributed by atoms with Gasteiger partial charge in [-0.1, -0.05) is 37.5 Å². The fourth-order valence-electron chi connectivity index (χ4n) is 5.78. The molecule has 0 amide bonds. The number of ether oxygens (including phenoxy) is 2. The maximum atomic E-state index is 16.2. The quantitative estimate of drug-likeness (QED) is 0.238. The first-order valence-electron chi connectivity index (χ1n) is 15.3. The molecule has 3 aromatic carbocycles. The molecule has 1 heterocycles. The molecule has 1 saturated heterocycles. The maximum Gasteiger partial charge on any atom is 0.293 e. The number of hydrogen-bond acceptors (Lipinski definition) is 7. The van der Waals surface area contributed by atoms with Crippen LogP contribution in [-0.2, 0) is 15.9 Å². The molecule has 5 rings (SSSR count). The van der Waals surface area contributed by atoms with Crippen molar-refractivity contribution >= 4 is 10.0 Å². The molecule has 1 saturated carbocycles. The topological polar surface area (TPSA) is 114 Å². The van der Waals surface area contributed by atoms with Crippen LogP contribution in [0.25, 0.3) is 0 Å². The number of alkyl halides is 2. The number of aliphatic hydroxyl groups excluding tert-OH is 1. The summed E-state index contributed by atoms with van der Waals surface area (Å²) in [5.74, 6) is -1.92. The average molecular weight is 630 g/mol. The van der Waals surface area contributed by atoms with E-state index in [4.69, 9.17) is 15.2 Å². The Balaban J connectivity index is 1.34. The van der Waals surface area contributed by atoms with E-state index in [0.717, 1.165) is 12.8 Å². The lowest BCUT2D eigenvalue weighted by Crippen LogP contribution is -2.60. The monoisotopic (exact) mass is 629 g/mol. The zero-order valence-corrected chi connectivity index (χ0v) is 25.5. The Morgan fingerprint density at radius 3 is 2.09 bits per heavy atom. The van der Waals surface area contributed by atoms with E-state index in [1.165, 1.54) is 72.7 Å². The molecule has 44 heavy (non-hydrogen) atoms. The Labute approximate surface area is 258 Å². The Kier molecular flexibility index (Phi) is 10.5. The second kappa shape index (κ2) is 14.3. The van der Waals surface area contributed by atoms with Gasteiger partial charge in [-0.2, -0.15) is 13.5 Å². The highest BCUT2D eigenvalue weighted by Gasteiger charge is 2.49. The van der Waals surface area contributed by atoms with Crippen LogP contribution in [0.5, 0.6) is 17.2 Å². The third-order valence-corrected chi connectivity index (χ3v) is 9.94. The highest BCUT2D eigenvalue weighted by atomic mass is 32.2. The highest BCUT2D eigenvalue weighted by molar-refractivity contribution is 7.89. The molecule has 0 aromatic heterocycles. The van der Waals surface area contributed by atoms with Gasteiger partial charge in [0.05, 0.1) is 11.5 Å². The first-order chi connectivity index (χ1) is 21.1. The fraction of sp³-hybridized carbons (Fsp3) is 0.455. The SMILES string of the molecule is NC1CCN(C(O)[C@@H](NS(=O)(=O)c2ccc(OCC3CCCCC3)cc2)C(F)(F)c2ccc(Oc3ccccc3)cc2)CC1. The van der Waals surface area contributed by atoms with Gasteiger partial charge in [0.2, 0.25) is 10.0 Å². The molecule has 0 bridgehead atoms. The van der Waals surface area contributed by atoms with Crippen LogP contribution in [0.3, 0.4) is 0 Å². The van der Waals surface area contributed by atoms with Gasteiger partial charge in [-0.05, 0) is 92.3 Å². The van der Waals surface area contributed by atoms with Crippen LogP contribution in [0, 0.1) is 5.92 Å². The number of para-hydroxylation sites is 1. The molecule has 8 nitrogen and oxygen atoms in total. The summed E-state index contributed by atoms with van der Waals surface area (Å²) < 4.78 is 73.2. The van der Waals surface area contributed by atoms with Gasteiger partial charge >= 0.3 is 0 Å². The van der Waals surface area contributed by atoms with Gasteiger partial charge in [0.25, 0.3) is 5.92 Å². The van der Waals surface area contributed by atoms with Crippen LogP contribution in [0.1, 0.15) is 50.5 Å². The standard InChI is InChI=1S/C33H41F2N3O5S/c34-33(35,25-11-13-29(14-12-25)43-28-9-5-2-6-10-28)31(32(39)38-21-19-26(36)20-22-38)37-44(40,41)30-17-15-27(16-18-30)42-23-24-7-3-1-4-8-24/h2,5-6,9-18,24,26,31-32,37,39H,1,3-4,7-8,19-23,36H2/t31-,32?/m1/s1. The number of sulfonamides is 1. The first kappa shape index (κ1) is 32.3. The third kappa shape index (κ3) is 8.13. The number of halogens is 2. The van der Waals surface area contributed by atoms with Gasteiger partial charge in [-0.15, -0.1) is 0 Å². The minimum absolute atomic E-state index is 0.106. The van der Waals surface area contributed by atoms with Gasteiger partial charge in [0.15, 0.2) is 0 Å². The van der Waals surface area contributed by atoms with Crippen molar-refractivity contribution in [2.24, 2.45) is 11.7 Å². The van der Waals surface area contributed by atoms with Gasteiger partial charge in [-0.25, -0.2) is 8.42 Å². The first-order valence-corrected chi connectivity index (χ1v) is 16.7. The summed E-state index contributed by atoms with van der Waals surface area (Å²) in [5, 5.41) is 11.2. The van der Waals surface area contributed by atoms with Gasteiger partial charge in [-0.3, -0.25) is 4.90 Å². The van der Waals surface area contributed by atoms with Crippen molar-refractivity contribution in [2.75, 3.05) is 19.7 Å². The summed E-state index contributed by atoms with van der Waals surface area (Å²) in [6, 6.07) is 17.4. The van der Waals surface area contributed by atoms with Crippen molar-refractivity contribution < 1.29 is 31.8 Å². The summed E-state index contributed by atoms with van der Waals surface area (Å²) in [6.07, 6.45) is 5.01. The van der Waals surface area contributed by atoms with Crippen molar-refractivity contribution in [1.29, 1.82) is 0 Å². The van der Waals surface area contributed by atoms with Gasteiger partial charge < -0.3 is 20.3 Å². The smallest absolute Gasteiger partial charge is 0.293 e. The summed E-state index contributed by atoms with van der Waals surface area (Å²) >= 11 is 0. The number of piperidine rings is 1. The largest absolute Gasteiger partial charge is 0.493 e. The Morgan fingerprint density at radius 1 is 0.864 bits per heavy atom. The lowest BCUT2D eigenvalue weighted by atomic mass is 9.90. The molecule has 238 valence electrons. The number of likely N-dealkylation sites (tertiary alicyclic amines) is 1. The van der Waals surface area contributed by atoms with E-state index in [1.54, 1.807) is 24.3 Å². The third-order valence-electron chi connectivity index (χ3n) is 8.48. The molecule has 11 heteroatoms. The normalized spacial score (nSPS) is 18.9. The van der Waals surface area contributed by atoms with Crippen molar-refractivity contribution in [3.8, 4) is 17.2 Å². The molecule has 0 spiro atoms. The van der Waals surface area contributed by atoms with Crippen molar-refractivity contribution in [3.63, 3.8) is 0 Å². The highest BCUT2D eigenvalue weighted by Crippen LogP contribution is 2.37. The molecular weight excluding hydrogens is 588 g/mol. The summed E-state index contributed by atoms with van der Waals surface area (Å²) in [5.41, 5.74) is 5.52. The molecular formula is C33H41F2N3O5S. The molecule has 2 fully saturated rings. The van der Waals surface area contributed by atoms with Crippen LogP contribution < -0.4 is 19.9 Å².